The second-order valence-corrected chi connectivity index (χ2v) is 5.69. The number of nitrogens with zero attached hydrogens (tertiary/aromatic N) is 1. The number of epoxide rings is 2. The molecular weight excluding hydrogens is 258 g/mol. The molecule has 0 radical (unpaired) electrons. The van der Waals surface area contributed by atoms with Gasteiger partial charge in [-0.05, 0) is 42.2 Å². The van der Waals surface area contributed by atoms with Gasteiger partial charge in [-0.15, -0.1) is 0 Å². The Morgan fingerprint density at radius 2 is 1.85 bits per heavy atom. The van der Waals surface area contributed by atoms with E-state index in [1.165, 1.54) is 4.90 Å². The molecule has 4 rings (SSSR count). The highest BCUT2D eigenvalue weighted by molar-refractivity contribution is 5.73. The molecule has 0 amide bonds. The maximum atomic E-state index is 5.67. The lowest BCUT2D eigenvalue weighted by Gasteiger charge is -2.17. The predicted molar refractivity (Wildman–Crippen MR) is 72.5 cm³/mol. The van der Waals surface area contributed by atoms with E-state index >= 15 is 0 Å². The molecule has 108 valence electrons. The first kappa shape index (κ1) is 12.3. The van der Waals surface area contributed by atoms with E-state index < -0.39 is 0 Å². The Labute approximate surface area is 117 Å². The fourth-order valence-corrected chi connectivity index (χ4v) is 2.67. The highest BCUT2D eigenvalue weighted by atomic mass is 16.8. The van der Waals surface area contributed by atoms with Gasteiger partial charge in [-0.1, -0.05) is 12.1 Å². The van der Waals surface area contributed by atoms with Gasteiger partial charge >= 0.3 is 0 Å². The molecule has 5 heteroatoms. The summed E-state index contributed by atoms with van der Waals surface area (Å²) >= 11 is 0. The number of fused-ring (bicyclic) bond motifs is 1. The minimum atomic E-state index is 0.472. The van der Waals surface area contributed by atoms with E-state index in [-0.39, 0.29) is 0 Å². The van der Waals surface area contributed by atoms with Crippen molar-refractivity contribution in [2.75, 3.05) is 19.8 Å². The van der Waals surface area contributed by atoms with Crippen LogP contribution in [-0.4, -0.2) is 36.9 Å². The summed E-state index contributed by atoms with van der Waals surface area (Å²) in [6, 6.07) is 7.87. The summed E-state index contributed by atoms with van der Waals surface area (Å²) in [6.07, 6.45) is 4.21. The van der Waals surface area contributed by atoms with Gasteiger partial charge in [-0.3, -0.25) is 0 Å². The van der Waals surface area contributed by atoms with Gasteiger partial charge in [0.1, 0.15) is 6.61 Å². The molecule has 0 aliphatic carbocycles. The number of hydrogen-bond donors (Lipinski definition) is 0. The molecule has 1 aromatic carbocycles. The lowest BCUT2D eigenvalue weighted by atomic mass is 9.95. The minimum Gasteiger partial charge on any atom is -0.385 e. The van der Waals surface area contributed by atoms with Crippen LogP contribution in [0.5, 0.6) is 0 Å². The van der Waals surface area contributed by atoms with E-state index in [9.17, 15) is 0 Å². The average Bonchev–Trinajstić information content (AvgIpc) is 3.31. The fourth-order valence-electron chi connectivity index (χ4n) is 2.67. The molecule has 2 unspecified atom stereocenters. The average molecular weight is 277 g/mol. The third-order valence-electron chi connectivity index (χ3n) is 3.98. The van der Waals surface area contributed by atoms with Crippen LogP contribution >= 0.6 is 0 Å². The first-order valence-corrected chi connectivity index (χ1v) is 7.32. The van der Waals surface area contributed by atoms with Crippen molar-refractivity contribution < 1.29 is 18.8 Å². The number of rotatable bonds is 8. The van der Waals surface area contributed by atoms with Crippen molar-refractivity contribution in [2.45, 2.75) is 31.5 Å². The number of hydrogen-bond acceptors (Lipinski definition) is 4. The summed E-state index contributed by atoms with van der Waals surface area (Å²) in [5.41, 5.74) is 1.88. The van der Waals surface area contributed by atoms with Crippen LogP contribution in [0.1, 0.15) is 19.3 Å². The molecule has 0 saturated carbocycles. The van der Waals surface area contributed by atoms with Crippen LogP contribution in [0.3, 0.4) is 0 Å². The smallest absolute Gasteiger partial charge is 0.189 e. The van der Waals surface area contributed by atoms with Crippen LogP contribution < -0.4 is 4.84 Å². The lowest BCUT2D eigenvalue weighted by Crippen LogP contribution is -2.20. The van der Waals surface area contributed by atoms with Gasteiger partial charge in [0.2, 0.25) is 0 Å². The van der Waals surface area contributed by atoms with E-state index in [1.54, 1.807) is 0 Å². The number of benzene rings is 1. The summed E-state index contributed by atoms with van der Waals surface area (Å²) in [4.78, 5) is 7.18. The Kier molecular flexibility index (Phi) is 3.16. The van der Waals surface area contributed by atoms with Gasteiger partial charge in [0, 0.05) is 0 Å². The summed E-state index contributed by atoms with van der Waals surface area (Å²) in [6.45, 7) is 2.51. The van der Waals surface area contributed by atoms with Crippen LogP contribution in [0.15, 0.2) is 28.8 Å². The Bertz CT molecular complexity index is 553. The minimum absolute atomic E-state index is 0.472. The first-order chi connectivity index (χ1) is 9.88. The molecule has 2 saturated heterocycles. The molecule has 3 heterocycles. The molecule has 2 aliphatic rings. The Balaban J connectivity index is 1.27. The van der Waals surface area contributed by atoms with Crippen LogP contribution in [0.4, 0.5) is 0 Å². The molecule has 0 N–H and O–H groups in total. The summed E-state index contributed by atoms with van der Waals surface area (Å²) in [5, 5.41) is 0. The lowest BCUT2D eigenvalue weighted by molar-refractivity contribution is -0.0300. The molecule has 0 spiro atoms. The van der Waals surface area contributed by atoms with Gasteiger partial charge < -0.3 is 18.8 Å². The monoisotopic (exact) mass is 277 g/mol. The highest BCUT2D eigenvalue weighted by Gasteiger charge is 2.32. The normalized spacial score (nSPS) is 25.8. The van der Waals surface area contributed by atoms with E-state index in [0.29, 0.717) is 24.7 Å². The van der Waals surface area contributed by atoms with Crippen LogP contribution in [0.2, 0.25) is 0 Å². The summed E-state index contributed by atoms with van der Waals surface area (Å²) < 4.78 is 16.1. The molecule has 1 aromatic heterocycles. The third kappa shape index (κ3) is 2.83. The topological polar surface area (TPSA) is 52.4 Å². The van der Waals surface area contributed by atoms with Crippen LogP contribution in [0, 0.1) is 5.92 Å². The second-order valence-electron chi connectivity index (χ2n) is 5.69. The predicted octanol–water partition coefficient (Wildman–Crippen LogP) is 2.25. The van der Waals surface area contributed by atoms with Crippen LogP contribution in [0.25, 0.3) is 11.1 Å². The second kappa shape index (κ2) is 5.14. The van der Waals surface area contributed by atoms with Gasteiger partial charge in [-0.2, -0.15) is 0 Å². The molecule has 20 heavy (non-hydrogen) atoms. The van der Waals surface area contributed by atoms with Crippen molar-refractivity contribution in [2.24, 2.45) is 5.92 Å². The Morgan fingerprint density at radius 3 is 2.50 bits per heavy atom. The van der Waals surface area contributed by atoms with Gasteiger partial charge in [0.25, 0.3) is 0 Å². The maximum absolute atomic E-state index is 5.67. The molecule has 2 atom stereocenters. The maximum Gasteiger partial charge on any atom is 0.189 e. The molecule has 0 bridgehead atoms. The van der Waals surface area contributed by atoms with Crippen molar-refractivity contribution >= 4 is 11.1 Å². The molecule has 2 aliphatic heterocycles. The van der Waals surface area contributed by atoms with E-state index in [4.69, 9.17) is 18.8 Å². The zero-order valence-corrected chi connectivity index (χ0v) is 11.4. The largest absolute Gasteiger partial charge is 0.385 e. The van der Waals surface area contributed by atoms with Crippen LogP contribution in [-0.2, 0) is 9.47 Å². The van der Waals surface area contributed by atoms with Crippen molar-refractivity contribution in [3.63, 3.8) is 0 Å². The number of aromatic nitrogens is 1. The zero-order chi connectivity index (χ0) is 13.4. The Hall–Kier alpha value is -1.46. The fraction of sp³-hybridized carbons (Fsp3) is 0.600. The molecular formula is C15H19NO4. The van der Waals surface area contributed by atoms with Gasteiger partial charge in [0.05, 0.1) is 25.4 Å². The first-order valence-electron chi connectivity index (χ1n) is 7.32. The molecule has 2 fully saturated rings. The van der Waals surface area contributed by atoms with Gasteiger partial charge in [0.15, 0.2) is 11.1 Å². The van der Waals surface area contributed by atoms with E-state index in [2.05, 4.69) is 0 Å². The standard InChI is InChI=1S/C15H19NO4/c1-2-4-15-14(3-1)16(20-15)19-6-5-11(7-12-9-17-12)8-13-10-18-13/h1-4,11-13H,5-10H2. The van der Waals surface area contributed by atoms with Crippen molar-refractivity contribution in [3.8, 4) is 0 Å². The third-order valence-corrected chi connectivity index (χ3v) is 3.98. The SMILES string of the molecule is c1ccc2c(c1)on2OCCC(CC1CO1)CC1CO1. The Morgan fingerprint density at radius 1 is 1.15 bits per heavy atom. The molecule has 5 nitrogen and oxygen atoms in total. The number of ether oxygens (including phenoxy) is 2. The number of para-hydroxylation sites is 2. The summed E-state index contributed by atoms with van der Waals surface area (Å²) in [5.74, 6) is 0.617. The zero-order valence-electron chi connectivity index (χ0n) is 11.4. The quantitative estimate of drug-likeness (QED) is 0.694. The van der Waals surface area contributed by atoms with E-state index in [0.717, 1.165) is 43.6 Å². The summed E-state index contributed by atoms with van der Waals surface area (Å²) in [7, 11) is 0. The van der Waals surface area contributed by atoms with Crippen molar-refractivity contribution in [1.29, 1.82) is 0 Å². The molecule has 2 aromatic rings. The van der Waals surface area contributed by atoms with Crippen molar-refractivity contribution in [3.05, 3.63) is 24.3 Å². The van der Waals surface area contributed by atoms with Gasteiger partial charge in [-0.25, -0.2) is 0 Å². The van der Waals surface area contributed by atoms with E-state index in [1.807, 2.05) is 24.3 Å². The highest BCUT2D eigenvalue weighted by Crippen LogP contribution is 2.29. The van der Waals surface area contributed by atoms with Crippen molar-refractivity contribution in [1.82, 2.24) is 4.90 Å².